The first kappa shape index (κ1) is 12.6. The zero-order valence-corrected chi connectivity index (χ0v) is 9.95. The van der Waals surface area contributed by atoms with Gasteiger partial charge in [0.05, 0.1) is 18.5 Å². The number of nitrogen functional groups attached to an aromatic ring is 1. The number of anilines is 2. The van der Waals surface area contributed by atoms with E-state index in [1.807, 2.05) is 18.2 Å². The second kappa shape index (κ2) is 6.95. The molecule has 0 bridgehead atoms. The summed E-state index contributed by atoms with van der Waals surface area (Å²) in [5.74, 6) is 0.710. The molecule has 1 aromatic rings. The molecule has 16 heavy (non-hydrogen) atoms. The number of ether oxygens (including phenoxy) is 2. The van der Waals surface area contributed by atoms with E-state index >= 15 is 0 Å². The molecule has 0 aromatic heterocycles. The maximum Gasteiger partial charge on any atom is 0.143 e. The highest BCUT2D eigenvalue weighted by Crippen LogP contribution is 2.28. The molecule has 0 atom stereocenters. The van der Waals surface area contributed by atoms with E-state index < -0.39 is 0 Å². The standard InChI is InChI=1S/C12H20N2O2/c1-15-9-4-3-8-14-10-6-5-7-11(16-2)12(10)13/h5-7,14H,3-4,8-9,13H2,1-2H3. The second-order valence-corrected chi connectivity index (χ2v) is 3.55. The molecular weight excluding hydrogens is 204 g/mol. The smallest absolute Gasteiger partial charge is 0.143 e. The fraction of sp³-hybridized carbons (Fsp3) is 0.500. The molecule has 3 N–H and O–H groups in total. The van der Waals surface area contributed by atoms with Crippen LogP contribution in [0.15, 0.2) is 18.2 Å². The Morgan fingerprint density at radius 1 is 1.25 bits per heavy atom. The van der Waals surface area contributed by atoms with E-state index in [1.54, 1.807) is 14.2 Å². The number of nitrogens with one attached hydrogen (secondary N) is 1. The van der Waals surface area contributed by atoms with Gasteiger partial charge in [0.25, 0.3) is 0 Å². The van der Waals surface area contributed by atoms with Gasteiger partial charge in [-0.1, -0.05) is 6.07 Å². The zero-order chi connectivity index (χ0) is 11.8. The lowest BCUT2D eigenvalue weighted by Crippen LogP contribution is -2.06. The molecule has 0 fully saturated rings. The van der Waals surface area contributed by atoms with Crippen LogP contribution in [0, 0.1) is 0 Å². The van der Waals surface area contributed by atoms with Crippen molar-refractivity contribution in [2.24, 2.45) is 0 Å². The summed E-state index contributed by atoms with van der Waals surface area (Å²) in [4.78, 5) is 0. The Hall–Kier alpha value is -1.42. The molecule has 0 aliphatic carbocycles. The fourth-order valence-electron chi connectivity index (χ4n) is 1.47. The van der Waals surface area contributed by atoms with Crippen molar-refractivity contribution in [2.45, 2.75) is 12.8 Å². The highest BCUT2D eigenvalue weighted by molar-refractivity contribution is 5.72. The molecule has 0 saturated heterocycles. The first-order valence-corrected chi connectivity index (χ1v) is 5.45. The number of rotatable bonds is 7. The third-order valence-corrected chi connectivity index (χ3v) is 2.38. The Morgan fingerprint density at radius 3 is 2.75 bits per heavy atom. The molecule has 0 heterocycles. The number of unbranched alkanes of at least 4 members (excludes halogenated alkanes) is 1. The molecule has 0 spiro atoms. The molecule has 0 aliphatic heterocycles. The summed E-state index contributed by atoms with van der Waals surface area (Å²) in [5, 5.41) is 3.29. The highest BCUT2D eigenvalue weighted by Gasteiger charge is 2.03. The van der Waals surface area contributed by atoms with Gasteiger partial charge in [0, 0.05) is 20.3 Å². The number of methoxy groups -OCH3 is 2. The summed E-state index contributed by atoms with van der Waals surface area (Å²) >= 11 is 0. The van der Waals surface area contributed by atoms with Gasteiger partial charge in [-0.25, -0.2) is 0 Å². The van der Waals surface area contributed by atoms with Crippen molar-refractivity contribution in [2.75, 3.05) is 38.4 Å². The first-order valence-electron chi connectivity index (χ1n) is 5.45. The maximum atomic E-state index is 5.92. The van der Waals surface area contributed by atoms with Gasteiger partial charge in [-0.3, -0.25) is 0 Å². The molecule has 90 valence electrons. The average molecular weight is 224 g/mol. The lowest BCUT2D eigenvalue weighted by atomic mass is 10.2. The molecule has 0 saturated carbocycles. The molecule has 1 aromatic carbocycles. The van der Waals surface area contributed by atoms with Gasteiger partial charge in [0.1, 0.15) is 5.75 Å². The maximum absolute atomic E-state index is 5.92. The van der Waals surface area contributed by atoms with Crippen LogP contribution in [0.4, 0.5) is 11.4 Å². The van der Waals surface area contributed by atoms with Crippen LogP contribution < -0.4 is 15.8 Å². The summed E-state index contributed by atoms with van der Waals surface area (Å²) in [5.41, 5.74) is 7.51. The SMILES string of the molecule is COCCCCNc1cccc(OC)c1N. The monoisotopic (exact) mass is 224 g/mol. The minimum absolute atomic E-state index is 0.664. The van der Waals surface area contributed by atoms with Gasteiger partial charge in [-0.2, -0.15) is 0 Å². The first-order chi connectivity index (χ1) is 7.79. The summed E-state index contributed by atoms with van der Waals surface area (Å²) in [7, 11) is 3.33. The van der Waals surface area contributed by atoms with Crippen LogP contribution in [0.2, 0.25) is 0 Å². The molecule has 0 unspecified atom stereocenters. The predicted molar refractivity (Wildman–Crippen MR) is 67.0 cm³/mol. The van der Waals surface area contributed by atoms with Gasteiger partial charge < -0.3 is 20.5 Å². The Labute approximate surface area is 96.7 Å². The minimum Gasteiger partial charge on any atom is -0.495 e. The quantitative estimate of drug-likeness (QED) is 0.550. The number of hydrogen-bond acceptors (Lipinski definition) is 4. The largest absolute Gasteiger partial charge is 0.495 e. The Kier molecular flexibility index (Phi) is 5.50. The van der Waals surface area contributed by atoms with Crippen molar-refractivity contribution in [1.82, 2.24) is 0 Å². The van der Waals surface area contributed by atoms with Crippen LogP contribution in [0.1, 0.15) is 12.8 Å². The van der Waals surface area contributed by atoms with Crippen LogP contribution in [0.3, 0.4) is 0 Å². The Bertz CT molecular complexity index is 316. The highest BCUT2D eigenvalue weighted by atomic mass is 16.5. The van der Waals surface area contributed by atoms with E-state index in [4.69, 9.17) is 15.2 Å². The third kappa shape index (κ3) is 3.62. The van der Waals surface area contributed by atoms with E-state index in [-0.39, 0.29) is 0 Å². The number of nitrogens with two attached hydrogens (primary N) is 1. The van der Waals surface area contributed by atoms with Crippen LogP contribution in [-0.2, 0) is 4.74 Å². The second-order valence-electron chi connectivity index (χ2n) is 3.55. The average Bonchev–Trinajstić information content (AvgIpc) is 2.31. The van der Waals surface area contributed by atoms with Crippen molar-refractivity contribution in [3.05, 3.63) is 18.2 Å². The van der Waals surface area contributed by atoms with Crippen LogP contribution in [0.25, 0.3) is 0 Å². The molecule has 1 rings (SSSR count). The lowest BCUT2D eigenvalue weighted by molar-refractivity contribution is 0.194. The van der Waals surface area contributed by atoms with E-state index in [0.29, 0.717) is 11.4 Å². The molecule has 0 aliphatic rings. The van der Waals surface area contributed by atoms with Gasteiger partial charge in [0.15, 0.2) is 0 Å². The van der Waals surface area contributed by atoms with Gasteiger partial charge in [0.2, 0.25) is 0 Å². The van der Waals surface area contributed by atoms with Gasteiger partial charge >= 0.3 is 0 Å². The van der Waals surface area contributed by atoms with Gasteiger partial charge in [-0.05, 0) is 25.0 Å². The van der Waals surface area contributed by atoms with Crippen molar-refractivity contribution in [3.8, 4) is 5.75 Å². The lowest BCUT2D eigenvalue weighted by Gasteiger charge is -2.11. The summed E-state index contributed by atoms with van der Waals surface area (Å²) in [6, 6.07) is 5.73. The van der Waals surface area contributed by atoms with Crippen molar-refractivity contribution in [3.63, 3.8) is 0 Å². The van der Waals surface area contributed by atoms with E-state index in [1.165, 1.54) is 0 Å². The Morgan fingerprint density at radius 2 is 2.06 bits per heavy atom. The number of benzene rings is 1. The summed E-state index contributed by atoms with van der Waals surface area (Å²) < 4.78 is 10.1. The molecule has 4 nitrogen and oxygen atoms in total. The minimum atomic E-state index is 0.664. The fourth-order valence-corrected chi connectivity index (χ4v) is 1.47. The molecule has 4 heteroatoms. The van der Waals surface area contributed by atoms with Crippen molar-refractivity contribution >= 4 is 11.4 Å². The molecular formula is C12H20N2O2. The van der Waals surface area contributed by atoms with E-state index in [2.05, 4.69) is 5.32 Å². The van der Waals surface area contributed by atoms with E-state index in [0.717, 1.165) is 31.7 Å². The van der Waals surface area contributed by atoms with Crippen molar-refractivity contribution in [1.29, 1.82) is 0 Å². The van der Waals surface area contributed by atoms with Gasteiger partial charge in [-0.15, -0.1) is 0 Å². The predicted octanol–water partition coefficient (Wildman–Crippen LogP) is 2.12. The Balaban J connectivity index is 2.41. The normalized spacial score (nSPS) is 10.1. The third-order valence-electron chi connectivity index (χ3n) is 2.38. The molecule has 0 amide bonds. The number of para-hydroxylation sites is 1. The zero-order valence-electron chi connectivity index (χ0n) is 9.95. The molecule has 0 radical (unpaired) electrons. The summed E-state index contributed by atoms with van der Waals surface area (Å²) in [6.07, 6.45) is 2.11. The van der Waals surface area contributed by atoms with Crippen molar-refractivity contribution < 1.29 is 9.47 Å². The van der Waals surface area contributed by atoms with Crippen LogP contribution in [-0.4, -0.2) is 27.4 Å². The topological polar surface area (TPSA) is 56.5 Å². The van der Waals surface area contributed by atoms with E-state index in [9.17, 15) is 0 Å². The van der Waals surface area contributed by atoms with Crippen LogP contribution in [0.5, 0.6) is 5.75 Å². The summed E-state index contributed by atoms with van der Waals surface area (Å²) in [6.45, 7) is 1.69. The van der Waals surface area contributed by atoms with Crippen LogP contribution >= 0.6 is 0 Å². The number of hydrogen-bond donors (Lipinski definition) is 2.